The zero-order valence-corrected chi connectivity index (χ0v) is 12.2. The number of carbonyl (C=O) groups is 2. The zero-order valence-electron chi connectivity index (χ0n) is 9.86. The molecular formula is C14H6BrClFNO2. The maximum atomic E-state index is 13.7. The molecule has 1 aliphatic rings. The number of nitrogens with zero attached hydrogens (tertiary/aromatic N) is 1. The van der Waals surface area contributed by atoms with Gasteiger partial charge in [-0.25, -0.2) is 9.29 Å². The summed E-state index contributed by atoms with van der Waals surface area (Å²) < 4.78 is 13.8. The summed E-state index contributed by atoms with van der Waals surface area (Å²) in [7, 11) is 0. The maximum Gasteiger partial charge on any atom is 0.266 e. The number of hydrogen-bond acceptors (Lipinski definition) is 2. The Bertz CT molecular complexity index is 705. The second-order valence-electron chi connectivity index (χ2n) is 4.21. The van der Waals surface area contributed by atoms with Crippen molar-refractivity contribution in [3.8, 4) is 0 Å². The van der Waals surface area contributed by atoms with E-state index in [1.165, 1.54) is 6.07 Å². The minimum atomic E-state index is -0.635. The average molecular weight is 355 g/mol. The highest BCUT2D eigenvalue weighted by Crippen LogP contribution is 2.34. The van der Waals surface area contributed by atoms with Crippen LogP contribution in [0.2, 0.25) is 5.02 Å². The van der Waals surface area contributed by atoms with Gasteiger partial charge in [0.15, 0.2) is 0 Å². The predicted molar refractivity (Wildman–Crippen MR) is 76.7 cm³/mol. The van der Waals surface area contributed by atoms with Gasteiger partial charge in [0.25, 0.3) is 11.8 Å². The van der Waals surface area contributed by atoms with E-state index in [0.717, 1.165) is 11.0 Å². The van der Waals surface area contributed by atoms with Gasteiger partial charge in [0, 0.05) is 0 Å². The lowest BCUT2D eigenvalue weighted by molar-refractivity contribution is 0.0926. The number of anilines is 1. The summed E-state index contributed by atoms with van der Waals surface area (Å²) in [4.78, 5) is 25.4. The lowest BCUT2D eigenvalue weighted by atomic mass is 10.1. The van der Waals surface area contributed by atoms with Crippen LogP contribution >= 0.6 is 27.5 Å². The van der Waals surface area contributed by atoms with Gasteiger partial charge in [0.2, 0.25) is 0 Å². The van der Waals surface area contributed by atoms with Crippen LogP contribution in [0.15, 0.2) is 40.9 Å². The van der Waals surface area contributed by atoms with Gasteiger partial charge in [-0.2, -0.15) is 0 Å². The van der Waals surface area contributed by atoms with Crippen LogP contribution in [0.5, 0.6) is 0 Å². The normalized spacial score (nSPS) is 13.8. The largest absolute Gasteiger partial charge is 0.268 e. The molecule has 0 atom stereocenters. The molecule has 2 amide bonds. The number of benzene rings is 2. The van der Waals surface area contributed by atoms with Gasteiger partial charge in [-0.3, -0.25) is 9.59 Å². The Morgan fingerprint density at radius 3 is 2.10 bits per heavy atom. The SMILES string of the molecule is O=C1c2ccccc2C(=O)N1c1cc(F)c(Br)c(Cl)c1. The first kappa shape index (κ1) is 13.3. The fourth-order valence-corrected chi connectivity index (χ4v) is 2.53. The molecule has 0 saturated heterocycles. The molecule has 0 aliphatic carbocycles. The van der Waals surface area contributed by atoms with Gasteiger partial charge in [-0.15, -0.1) is 0 Å². The Morgan fingerprint density at radius 1 is 1.05 bits per heavy atom. The van der Waals surface area contributed by atoms with E-state index in [4.69, 9.17) is 11.6 Å². The molecule has 0 unspecified atom stereocenters. The van der Waals surface area contributed by atoms with Crippen LogP contribution in [0.4, 0.5) is 10.1 Å². The number of amides is 2. The Labute approximate surface area is 127 Å². The summed E-state index contributed by atoms with van der Waals surface area (Å²) in [6, 6.07) is 8.93. The van der Waals surface area contributed by atoms with E-state index in [2.05, 4.69) is 15.9 Å². The fraction of sp³-hybridized carbons (Fsp3) is 0. The minimum absolute atomic E-state index is 0.0940. The lowest BCUT2D eigenvalue weighted by Gasteiger charge is -2.15. The van der Waals surface area contributed by atoms with E-state index in [9.17, 15) is 14.0 Å². The molecule has 0 aromatic heterocycles. The van der Waals surface area contributed by atoms with Gasteiger partial charge in [-0.1, -0.05) is 23.7 Å². The Morgan fingerprint density at radius 2 is 1.60 bits per heavy atom. The van der Waals surface area contributed by atoms with Crippen molar-refractivity contribution < 1.29 is 14.0 Å². The highest BCUT2D eigenvalue weighted by atomic mass is 79.9. The molecule has 1 heterocycles. The molecule has 6 heteroatoms. The van der Waals surface area contributed by atoms with Gasteiger partial charge < -0.3 is 0 Å². The van der Waals surface area contributed by atoms with E-state index >= 15 is 0 Å². The first-order chi connectivity index (χ1) is 9.50. The standard InChI is InChI=1S/C14H6BrClFNO2/c15-12-10(16)5-7(6-11(12)17)18-13(19)8-3-1-2-4-9(8)14(18)20/h1-6H. The van der Waals surface area contributed by atoms with Crippen molar-refractivity contribution in [3.63, 3.8) is 0 Å². The van der Waals surface area contributed by atoms with Crippen molar-refractivity contribution in [1.82, 2.24) is 0 Å². The van der Waals surface area contributed by atoms with Crippen molar-refractivity contribution in [3.05, 3.63) is 62.8 Å². The van der Waals surface area contributed by atoms with Crippen LogP contribution < -0.4 is 4.90 Å². The molecule has 100 valence electrons. The molecule has 2 aromatic carbocycles. The molecule has 0 spiro atoms. The van der Waals surface area contributed by atoms with E-state index in [0.29, 0.717) is 11.1 Å². The molecule has 0 radical (unpaired) electrons. The number of imide groups is 1. The van der Waals surface area contributed by atoms with Gasteiger partial charge in [0.1, 0.15) is 5.82 Å². The minimum Gasteiger partial charge on any atom is -0.268 e. The van der Waals surface area contributed by atoms with Crippen LogP contribution in [0.3, 0.4) is 0 Å². The summed E-state index contributed by atoms with van der Waals surface area (Å²) in [5.41, 5.74) is 0.718. The van der Waals surface area contributed by atoms with Crippen molar-refractivity contribution >= 4 is 45.0 Å². The Balaban J connectivity index is 2.14. The second kappa shape index (κ2) is 4.68. The summed E-state index contributed by atoms with van der Waals surface area (Å²) in [5, 5.41) is 0.0940. The van der Waals surface area contributed by atoms with Crippen molar-refractivity contribution in [2.45, 2.75) is 0 Å². The summed E-state index contributed by atoms with van der Waals surface area (Å²) in [6.45, 7) is 0. The summed E-state index contributed by atoms with van der Waals surface area (Å²) in [6.07, 6.45) is 0. The van der Waals surface area contributed by atoms with E-state index in [-0.39, 0.29) is 15.2 Å². The van der Waals surface area contributed by atoms with Gasteiger partial charge in [0.05, 0.1) is 26.3 Å². The van der Waals surface area contributed by atoms with Crippen molar-refractivity contribution in [1.29, 1.82) is 0 Å². The lowest BCUT2D eigenvalue weighted by Crippen LogP contribution is -2.29. The number of carbonyl (C=O) groups excluding carboxylic acids is 2. The van der Waals surface area contributed by atoms with Crippen LogP contribution in [0.1, 0.15) is 20.7 Å². The quantitative estimate of drug-likeness (QED) is 0.572. The maximum absolute atomic E-state index is 13.7. The molecule has 0 bridgehead atoms. The summed E-state index contributed by atoms with van der Waals surface area (Å²) >= 11 is 8.85. The average Bonchev–Trinajstić information content (AvgIpc) is 2.68. The van der Waals surface area contributed by atoms with Gasteiger partial charge in [-0.05, 0) is 40.2 Å². The smallest absolute Gasteiger partial charge is 0.266 e. The molecule has 0 saturated carbocycles. The molecule has 3 nitrogen and oxygen atoms in total. The van der Waals surface area contributed by atoms with Crippen molar-refractivity contribution in [2.24, 2.45) is 0 Å². The molecule has 3 rings (SSSR count). The number of halogens is 3. The highest BCUT2D eigenvalue weighted by molar-refractivity contribution is 9.10. The van der Waals surface area contributed by atoms with E-state index < -0.39 is 17.6 Å². The van der Waals surface area contributed by atoms with Crippen LogP contribution in [0, 0.1) is 5.82 Å². The van der Waals surface area contributed by atoms with E-state index in [1.807, 2.05) is 0 Å². The Hall–Kier alpha value is -1.72. The van der Waals surface area contributed by atoms with Crippen LogP contribution in [-0.2, 0) is 0 Å². The third-order valence-electron chi connectivity index (χ3n) is 3.02. The molecule has 2 aromatic rings. The van der Waals surface area contributed by atoms with Crippen molar-refractivity contribution in [2.75, 3.05) is 4.90 Å². The fourth-order valence-electron chi connectivity index (χ4n) is 2.09. The zero-order chi connectivity index (χ0) is 14.4. The molecular weight excluding hydrogens is 349 g/mol. The molecule has 0 fully saturated rings. The molecule has 0 N–H and O–H groups in total. The highest BCUT2D eigenvalue weighted by Gasteiger charge is 2.36. The monoisotopic (exact) mass is 353 g/mol. The number of rotatable bonds is 1. The predicted octanol–water partition coefficient (Wildman–Crippen LogP) is 4.04. The van der Waals surface area contributed by atoms with Gasteiger partial charge >= 0.3 is 0 Å². The van der Waals surface area contributed by atoms with Crippen LogP contribution in [-0.4, -0.2) is 11.8 Å². The summed E-state index contributed by atoms with van der Waals surface area (Å²) in [5.74, 6) is -1.60. The first-order valence-corrected chi connectivity index (χ1v) is 6.80. The number of hydrogen-bond donors (Lipinski definition) is 0. The number of fused-ring (bicyclic) bond motifs is 1. The topological polar surface area (TPSA) is 37.4 Å². The van der Waals surface area contributed by atoms with Crippen LogP contribution in [0.25, 0.3) is 0 Å². The third kappa shape index (κ3) is 1.85. The second-order valence-corrected chi connectivity index (χ2v) is 5.41. The third-order valence-corrected chi connectivity index (χ3v) is 4.35. The van der Waals surface area contributed by atoms with E-state index in [1.54, 1.807) is 24.3 Å². The molecule has 1 aliphatic heterocycles. The first-order valence-electron chi connectivity index (χ1n) is 5.63. The Kier molecular flexibility index (Phi) is 3.11. The molecule has 20 heavy (non-hydrogen) atoms.